The molecule has 0 aliphatic heterocycles. The lowest BCUT2D eigenvalue weighted by Crippen LogP contribution is -2.23. The summed E-state index contributed by atoms with van der Waals surface area (Å²) in [5.74, 6) is -2.39. The Morgan fingerprint density at radius 3 is 2.27 bits per heavy atom. The summed E-state index contributed by atoms with van der Waals surface area (Å²) < 4.78 is 33.9. The van der Waals surface area contributed by atoms with Crippen LogP contribution in [0.2, 0.25) is 0 Å². The average Bonchev–Trinajstić information content (AvgIpc) is 1.80. The lowest BCUT2D eigenvalue weighted by atomic mass is 10.7. The predicted molar refractivity (Wildman–Crippen MR) is 31.1 cm³/mol. The van der Waals surface area contributed by atoms with E-state index in [2.05, 4.69) is 9.99 Å². The van der Waals surface area contributed by atoms with E-state index in [0.29, 0.717) is 0 Å². The standard InChI is InChI=1S/C4H3ClF3NO2/c1-2(5)9-11-3(10)4(6,7)8/h1H3/b9-2-. The summed E-state index contributed by atoms with van der Waals surface area (Å²) >= 11 is 4.98. The highest BCUT2D eigenvalue weighted by molar-refractivity contribution is 6.64. The predicted octanol–water partition coefficient (Wildman–Crippen LogP) is 1.66. The molecule has 0 saturated heterocycles. The van der Waals surface area contributed by atoms with Crippen molar-refractivity contribution in [3.05, 3.63) is 0 Å². The molecule has 0 aromatic rings. The van der Waals surface area contributed by atoms with E-state index < -0.39 is 12.1 Å². The fourth-order valence-corrected chi connectivity index (χ4v) is 0.191. The molecule has 0 aliphatic rings. The van der Waals surface area contributed by atoms with Crippen LogP contribution < -0.4 is 0 Å². The number of oxime groups is 1. The van der Waals surface area contributed by atoms with Gasteiger partial charge in [-0.25, -0.2) is 4.79 Å². The Morgan fingerprint density at radius 1 is 1.55 bits per heavy atom. The molecule has 7 heteroatoms. The highest BCUT2D eigenvalue weighted by atomic mass is 35.5. The first kappa shape index (κ1) is 10.2. The first-order valence-electron chi connectivity index (χ1n) is 2.32. The number of alkyl halides is 3. The van der Waals surface area contributed by atoms with Crippen molar-refractivity contribution in [2.45, 2.75) is 13.1 Å². The molecule has 0 fully saturated rings. The van der Waals surface area contributed by atoms with Crippen molar-refractivity contribution in [1.29, 1.82) is 0 Å². The van der Waals surface area contributed by atoms with Crippen LogP contribution in [-0.4, -0.2) is 17.3 Å². The molecular weight excluding hydrogens is 186 g/mol. The molecule has 0 unspecified atom stereocenters. The van der Waals surface area contributed by atoms with Crippen LogP contribution in [0.25, 0.3) is 0 Å². The minimum Gasteiger partial charge on any atom is -0.308 e. The van der Waals surface area contributed by atoms with E-state index in [-0.39, 0.29) is 5.17 Å². The van der Waals surface area contributed by atoms with Gasteiger partial charge in [0.05, 0.1) is 0 Å². The third-order valence-corrected chi connectivity index (χ3v) is 0.555. The fraction of sp³-hybridized carbons (Fsp3) is 0.500. The molecule has 0 aliphatic carbocycles. The van der Waals surface area contributed by atoms with Gasteiger partial charge in [-0.2, -0.15) is 13.2 Å². The van der Waals surface area contributed by atoms with Crippen molar-refractivity contribution in [3.63, 3.8) is 0 Å². The van der Waals surface area contributed by atoms with Crippen molar-refractivity contribution in [3.8, 4) is 0 Å². The lowest BCUT2D eigenvalue weighted by Gasteiger charge is -2.00. The van der Waals surface area contributed by atoms with E-state index in [1.165, 1.54) is 6.92 Å². The largest absolute Gasteiger partial charge is 0.493 e. The van der Waals surface area contributed by atoms with Gasteiger partial charge in [-0.05, 0) is 6.92 Å². The van der Waals surface area contributed by atoms with Gasteiger partial charge >= 0.3 is 12.1 Å². The van der Waals surface area contributed by atoms with Crippen molar-refractivity contribution in [1.82, 2.24) is 0 Å². The van der Waals surface area contributed by atoms with Crippen LogP contribution in [0, 0.1) is 0 Å². The summed E-state index contributed by atoms with van der Waals surface area (Å²) in [6.45, 7) is 1.17. The number of halogens is 4. The summed E-state index contributed by atoms with van der Waals surface area (Å²) in [7, 11) is 0. The van der Waals surface area contributed by atoms with Gasteiger partial charge in [0.1, 0.15) is 5.17 Å². The Bertz CT molecular complexity index is 184. The van der Waals surface area contributed by atoms with E-state index in [4.69, 9.17) is 11.6 Å². The minimum absolute atomic E-state index is 0.289. The number of hydrogen-bond donors (Lipinski definition) is 0. The van der Waals surface area contributed by atoms with E-state index >= 15 is 0 Å². The van der Waals surface area contributed by atoms with Gasteiger partial charge in [0.25, 0.3) is 0 Å². The van der Waals surface area contributed by atoms with Crippen molar-refractivity contribution >= 4 is 22.7 Å². The molecule has 11 heavy (non-hydrogen) atoms. The highest BCUT2D eigenvalue weighted by Gasteiger charge is 2.41. The highest BCUT2D eigenvalue weighted by Crippen LogP contribution is 2.16. The van der Waals surface area contributed by atoms with Crippen LogP contribution >= 0.6 is 11.6 Å². The molecule has 0 bridgehead atoms. The second-order valence-corrected chi connectivity index (χ2v) is 2.01. The third-order valence-electron chi connectivity index (χ3n) is 0.486. The summed E-state index contributed by atoms with van der Waals surface area (Å²) in [5.41, 5.74) is 0. The number of hydrogen-bond acceptors (Lipinski definition) is 3. The van der Waals surface area contributed by atoms with E-state index in [0.717, 1.165) is 0 Å². The molecule has 0 aromatic heterocycles. The van der Waals surface area contributed by atoms with Crippen LogP contribution in [0.15, 0.2) is 5.16 Å². The summed E-state index contributed by atoms with van der Waals surface area (Å²) in [6.07, 6.45) is -5.03. The molecule has 0 rings (SSSR count). The lowest BCUT2D eigenvalue weighted by molar-refractivity contribution is -0.199. The average molecular weight is 190 g/mol. The maximum absolute atomic E-state index is 11.3. The smallest absolute Gasteiger partial charge is 0.308 e. The van der Waals surface area contributed by atoms with Crippen LogP contribution in [0.1, 0.15) is 6.92 Å². The van der Waals surface area contributed by atoms with Crippen LogP contribution in [0.3, 0.4) is 0 Å². The molecule has 0 N–H and O–H groups in total. The molecule has 0 radical (unpaired) electrons. The quantitative estimate of drug-likeness (QED) is 0.358. The van der Waals surface area contributed by atoms with E-state index in [9.17, 15) is 18.0 Å². The Hall–Kier alpha value is -0.780. The third kappa shape index (κ3) is 4.60. The van der Waals surface area contributed by atoms with Gasteiger partial charge in [-0.15, -0.1) is 0 Å². The zero-order chi connectivity index (χ0) is 9.07. The maximum atomic E-state index is 11.3. The van der Waals surface area contributed by atoms with Crippen LogP contribution in [-0.2, 0) is 9.63 Å². The number of nitrogens with zero attached hydrogens (tertiary/aromatic N) is 1. The summed E-state index contributed by atoms with van der Waals surface area (Å²) in [6, 6.07) is 0. The summed E-state index contributed by atoms with van der Waals surface area (Å²) in [4.78, 5) is 13.2. The molecule has 0 saturated carbocycles. The number of carbonyl (C=O) groups is 1. The molecule has 0 aromatic carbocycles. The monoisotopic (exact) mass is 189 g/mol. The van der Waals surface area contributed by atoms with Crippen molar-refractivity contribution in [2.75, 3.05) is 0 Å². The van der Waals surface area contributed by atoms with Gasteiger partial charge in [-0.3, -0.25) is 0 Å². The van der Waals surface area contributed by atoms with Crippen molar-refractivity contribution in [2.24, 2.45) is 5.16 Å². The molecule has 0 spiro atoms. The molecule has 3 nitrogen and oxygen atoms in total. The Kier molecular flexibility index (Phi) is 3.31. The van der Waals surface area contributed by atoms with E-state index in [1.54, 1.807) is 0 Å². The molecule has 0 atom stereocenters. The van der Waals surface area contributed by atoms with Gasteiger partial charge in [0, 0.05) is 0 Å². The SMILES string of the molecule is C/C(Cl)=N/OC(=O)C(F)(F)F. The number of carbonyl (C=O) groups excluding carboxylic acids is 1. The van der Waals surface area contributed by atoms with Crippen LogP contribution in [0.5, 0.6) is 0 Å². The van der Waals surface area contributed by atoms with Gasteiger partial charge in [0.2, 0.25) is 0 Å². The fourth-order valence-electron chi connectivity index (χ4n) is 0.156. The topological polar surface area (TPSA) is 38.7 Å². The maximum Gasteiger partial charge on any atom is 0.493 e. The van der Waals surface area contributed by atoms with E-state index in [1.807, 2.05) is 0 Å². The van der Waals surface area contributed by atoms with Gasteiger partial charge < -0.3 is 4.84 Å². The normalized spacial score (nSPS) is 13.0. The van der Waals surface area contributed by atoms with Gasteiger partial charge in [0.15, 0.2) is 0 Å². The molecular formula is C4H3ClF3NO2. The second kappa shape index (κ2) is 3.56. The second-order valence-electron chi connectivity index (χ2n) is 1.46. The van der Waals surface area contributed by atoms with Crippen molar-refractivity contribution < 1.29 is 22.8 Å². The molecule has 0 amide bonds. The molecule has 0 heterocycles. The van der Waals surface area contributed by atoms with Gasteiger partial charge in [-0.1, -0.05) is 16.8 Å². The number of rotatable bonds is 1. The first-order valence-corrected chi connectivity index (χ1v) is 2.70. The zero-order valence-corrected chi connectivity index (χ0v) is 6.03. The first-order chi connectivity index (χ1) is 4.84. The zero-order valence-electron chi connectivity index (χ0n) is 5.28. The summed E-state index contributed by atoms with van der Waals surface area (Å²) in [5, 5.41) is 2.31. The van der Waals surface area contributed by atoms with Crippen LogP contribution in [0.4, 0.5) is 13.2 Å². The minimum atomic E-state index is -5.03. The Labute approximate surface area is 64.8 Å². The molecule has 64 valence electrons. The Morgan fingerprint density at radius 2 is 2.00 bits per heavy atom. The Balaban J connectivity index is 4.01.